The van der Waals surface area contributed by atoms with Crippen LogP contribution in [0, 0.1) is 20.2 Å². The number of rotatable bonds is 10. The lowest BCUT2D eigenvalue weighted by Crippen LogP contribution is -2.40. The minimum Gasteiger partial charge on any atom is -0.445 e. The molecule has 2 aromatic rings. The van der Waals surface area contributed by atoms with E-state index in [0.29, 0.717) is 11.1 Å². The van der Waals surface area contributed by atoms with E-state index in [1.807, 2.05) is 0 Å². The van der Waals surface area contributed by atoms with Gasteiger partial charge in [-0.1, -0.05) is 0 Å². The van der Waals surface area contributed by atoms with Gasteiger partial charge in [0.25, 0.3) is 11.4 Å². The number of nitro benzene ring substituents is 2. The third-order valence-electron chi connectivity index (χ3n) is 4.00. The third kappa shape index (κ3) is 8.23. The summed E-state index contributed by atoms with van der Waals surface area (Å²) in [6, 6.07) is 10.9. The zero-order valence-corrected chi connectivity index (χ0v) is 16.6. The molecule has 0 aliphatic heterocycles. The number of carbonyl (C=O) groups excluding carboxylic acids is 2. The number of aliphatic hydroxyl groups excluding tert-OH is 1. The molecule has 0 aliphatic carbocycles. The lowest BCUT2D eigenvalue weighted by atomic mass is 10.2. The highest BCUT2D eigenvalue weighted by Crippen LogP contribution is 2.13. The molecule has 0 heterocycles. The molecule has 3 N–H and O–H groups in total. The quantitative estimate of drug-likeness (QED) is 0.361. The van der Waals surface area contributed by atoms with Gasteiger partial charge in [0.15, 0.2) is 0 Å². The van der Waals surface area contributed by atoms with Gasteiger partial charge >= 0.3 is 12.2 Å². The van der Waals surface area contributed by atoms with Crippen LogP contribution in [0.15, 0.2) is 48.5 Å². The monoisotopic (exact) mass is 448 g/mol. The van der Waals surface area contributed by atoms with Crippen molar-refractivity contribution in [2.24, 2.45) is 0 Å². The Labute approximate surface area is 181 Å². The van der Waals surface area contributed by atoms with Crippen LogP contribution in [0.1, 0.15) is 11.1 Å². The SMILES string of the molecule is O=C(NCC(O)CNC(=O)OCc1ccc([N+](=O)[O-])cc1)OCc1ccc([N+](=O)[O-])cc1. The summed E-state index contributed by atoms with van der Waals surface area (Å²) in [5.41, 5.74) is 0.924. The van der Waals surface area contributed by atoms with Crippen molar-refractivity contribution in [3.8, 4) is 0 Å². The molecule has 170 valence electrons. The Hall–Kier alpha value is -4.26. The molecule has 0 bridgehead atoms. The lowest BCUT2D eigenvalue weighted by Gasteiger charge is -2.13. The van der Waals surface area contributed by atoms with E-state index in [-0.39, 0.29) is 37.7 Å². The maximum atomic E-state index is 11.7. The van der Waals surface area contributed by atoms with E-state index in [0.717, 1.165) is 0 Å². The second-order valence-electron chi connectivity index (χ2n) is 6.42. The molecule has 0 radical (unpaired) electrons. The highest BCUT2D eigenvalue weighted by atomic mass is 16.6. The van der Waals surface area contributed by atoms with Crippen LogP contribution >= 0.6 is 0 Å². The zero-order chi connectivity index (χ0) is 23.5. The molecule has 2 rings (SSSR count). The van der Waals surface area contributed by atoms with Gasteiger partial charge in [0, 0.05) is 37.4 Å². The Morgan fingerprint density at radius 2 is 1.12 bits per heavy atom. The van der Waals surface area contributed by atoms with Crippen molar-refractivity contribution in [2.75, 3.05) is 13.1 Å². The smallest absolute Gasteiger partial charge is 0.407 e. The summed E-state index contributed by atoms with van der Waals surface area (Å²) in [6.07, 6.45) is -2.75. The van der Waals surface area contributed by atoms with Crippen molar-refractivity contribution < 1.29 is 34.0 Å². The van der Waals surface area contributed by atoms with Gasteiger partial charge in [-0.05, 0) is 35.4 Å². The fourth-order valence-corrected chi connectivity index (χ4v) is 2.30. The van der Waals surface area contributed by atoms with Crippen LogP contribution in [0.2, 0.25) is 0 Å². The highest BCUT2D eigenvalue weighted by molar-refractivity contribution is 5.68. The predicted molar refractivity (Wildman–Crippen MR) is 109 cm³/mol. The van der Waals surface area contributed by atoms with Gasteiger partial charge in [-0.2, -0.15) is 0 Å². The first kappa shape index (κ1) is 24.0. The van der Waals surface area contributed by atoms with E-state index in [2.05, 4.69) is 10.6 Å². The Morgan fingerprint density at radius 1 is 0.781 bits per heavy atom. The molecule has 0 fully saturated rings. The molecule has 0 aliphatic rings. The Morgan fingerprint density at radius 3 is 1.44 bits per heavy atom. The van der Waals surface area contributed by atoms with Crippen molar-refractivity contribution >= 4 is 23.6 Å². The Balaban J connectivity index is 1.60. The second kappa shape index (κ2) is 11.8. The van der Waals surface area contributed by atoms with E-state index in [4.69, 9.17) is 9.47 Å². The van der Waals surface area contributed by atoms with Gasteiger partial charge in [-0.15, -0.1) is 0 Å². The molecule has 2 amide bonds. The van der Waals surface area contributed by atoms with Gasteiger partial charge in [0.05, 0.1) is 16.0 Å². The van der Waals surface area contributed by atoms with Crippen LogP contribution in [0.25, 0.3) is 0 Å². The number of nitro groups is 2. The predicted octanol–water partition coefficient (Wildman–Crippen LogP) is 2.02. The number of nitrogens with one attached hydrogen (secondary N) is 2. The summed E-state index contributed by atoms with van der Waals surface area (Å²) in [7, 11) is 0. The van der Waals surface area contributed by atoms with E-state index >= 15 is 0 Å². The first-order valence-corrected chi connectivity index (χ1v) is 9.20. The molecule has 13 heteroatoms. The van der Waals surface area contributed by atoms with E-state index in [1.165, 1.54) is 48.5 Å². The number of benzene rings is 2. The van der Waals surface area contributed by atoms with Crippen molar-refractivity contribution in [3.05, 3.63) is 79.9 Å². The molecule has 13 nitrogen and oxygen atoms in total. The molecule has 0 aromatic heterocycles. The van der Waals surface area contributed by atoms with Crippen molar-refractivity contribution in [1.29, 1.82) is 0 Å². The number of hydrogen-bond acceptors (Lipinski definition) is 9. The standard InChI is InChI=1S/C19H20N4O9/c24-17(9-20-18(25)31-11-13-1-5-15(6-2-13)22(27)28)10-21-19(26)32-12-14-3-7-16(8-4-14)23(29)30/h1-8,17,24H,9-12H2,(H,20,25)(H,21,26). The molecule has 0 saturated heterocycles. The van der Waals surface area contributed by atoms with Crippen LogP contribution in [0.3, 0.4) is 0 Å². The lowest BCUT2D eigenvalue weighted by molar-refractivity contribution is -0.385. The molecule has 0 unspecified atom stereocenters. The van der Waals surface area contributed by atoms with Gasteiger partial charge in [-0.25, -0.2) is 9.59 Å². The van der Waals surface area contributed by atoms with Crippen LogP contribution in [-0.4, -0.2) is 46.3 Å². The van der Waals surface area contributed by atoms with Crippen LogP contribution in [0.4, 0.5) is 21.0 Å². The normalized spacial score (nSPS) is 10.3. The first-order valence-electron chi connectivity index (χ1n) is 9.20. The summed E-state index contributed by atoms with van der Waals surface area (Å²) < 4.78 is 9.86. The number of hydrogen-bond donors (Lipinski definition) is 3. The number of alkyl carbamates (subject to hydrolysis) is 2. The Kier molecular flexibility index (Phi) is 8.86. The third-order valence-corrected chi connectivity index (χ3v) is 4.00. The summed E-state index contributed by atoms with van der Waals surface area (Å²) in [5, 5.41) is 35.6. The fourth-order valence-electron chi connectivity index (χ4n) is 2.30. The van der Waals surface area contributed by atoms with Gasteiger partial charge in [-0.3, -0.25) is 20.2 Å². The number of nitrogens with zero attached hydrogens (tertiary/aromatic N) is 2. The number of amides is 2. The van der Waals surface area contributed by atoms with Crippen molar-refractivity contribution in [3.63, 3.8) is 0 Å². The molecule has 0 atom stereocenters. The molecular weight excluding hydrogens is 428 g/mol. The van der Waals surface area contributed by atoms with Gasteiger partial charge in [0.2, 0.25) is 0 Å². The maximum absolute atomic E-state index is 11.7. The molecule has 2 aromatic carbocycles. The minimum absolute atomic E-state index is 0.0832. The van der Waals surface area contributed by atoms with Crippen LogP contribution in [0.5, 0.6) is 0 Å². The first-order chi connectivity index (χ1) is 15.2. The van der Waals surface area contributed by atoms with Crippen LogP contribution in [-0.2, 0) is 22.7 Å². The number of ether oxygens (including phenoxy) is 2. The van der Waals surface area contributed by atoms with Gasteiger partial charge < -0.3 is 25.2 Å². The summed E-state index contributed by atoms with van der Waals surface area (Å²) in [4.78, 5) is 43.4. The molecule has 0 spiro atoms. The average molecular weight is 448 g/mol. The largest absolute Gasteiger partial charge is 0.445 e. The highest BCUT2D eigenvalue weighted by Gasteiger charge is 2.12. The average Bonchev–Trinajstić information content (AvgIpc) is 2.79. The molecular formula is C19H20N4O9. The Bertz CT molecular complexity index is 871. The van der Waals surface area contributed by atoms with Crippen LogP contribution < -0.4 is 10.6 Å². The van der Waals surface area contributed by atoms with E-state index in [1.54, 1.807) is 0 Å². The van der Waals surface area contributed by atoms with Gasteiger partial charge in [0.1, 0.15) is 13.2 Å². The van der Waals surface area contributed by atoms with E-state index in [9.17, 15) is 34.9 Å². The number of aliphatic hydroxyl groups is 1. The zero-order valence-electron chi connectivity index (χ0n) is 16.6. The number of non-ortho nitro benzene ring substituents is 2. The topological polar surface area (TPSA) is 183 Å². The maximum Gasteiger partial charge on any atom is 0.407 e. The van der Waals surface area contributed by atoms with Crippen molar-refractivity contribution in [2.45, 2.75) is 19.3 Å². The second-order valence-corrected chi connectivity index (χ2v) is 6.42. The summed E-state index contributed by atoms with van der Waals surface area (Å²) in [6.45, 7) is -0.649. The summed E-state index contributed by atoms with van der Waals surface area (Å²) in [5.74, 6) is 0. The molecule has 32 heavy (non-hydrogen) atoms. The molecule has 0 saturated carbocycles. The minimum atomic E-state index is -1.12. The van der Waals surface area contributed by atoms with Crippen molar-refractivity contribution in [1.82, 2.24) is 10.6 Å². The van der Waals surface area contributed by atoms with E-state index < -0.39 is 28.1 Å². The number of carbonyl (C=O) groups is 2. The summed E-state index contributed by atoms with van der Waals surface area (Å²) >= 11 is 0. The fraction of sp³-hybridized carbons (Fsp3) is 0.263.